The molecule has 0 aliphatic carbocycles. The first-order valence-electron chi connectivity index (χ1n) is 6.84. The van der Waals surface area contributed by atoms with Crippen LogP contribution in [0.3, 0.4) is 0 Å². The minimum Gasteiger partial charge on any atom is -0.307 e. The van der Waals surface area contributed by atoms with Gasteiger partial charge in [-0.2, -0.15) is 5.10 Å². The van der Waals surface area contributed by atoms with E-state index in [1.807, 2.05) is 16.0 Å². The summed E-state index contributed by atoms with van der Waals surface area (Å²) in [5.74, 6) is 1.02. The average molecular weight is 278 g/mol. The molecule has 2 heterocycles. The van der Waals surface area contributed by atoms with E-state index < -0.39 is 0 Å². The van der Waals surface area contributed by atoms with Gasteiger partial charge in [-0.3, -0.25) is 0 Å². The van der Waals surface area contributed by atoms with Gasteiger partial charge in [-0.1, -0.05) is 6.92 Å². The van der Waals surface area contributed by atoms with E-state index in [0.717, 1.165) is 31.8 Å². The van der Waals surface area contributed by atoms with Crippen LogP contribution in [0.1, 0.15) is 35.8 Å². The van der Waals surface area contributed by atoms with Gasteiger partial charge in [-0.05, 0) is 38.8 Å². The van der Waals surface area contributed by atoms with Crippen LogP contribution in [-0.4, -0.2) is 20.8 Å². The summed E-state index contributed by atoms with van der Waals surface area (Å²) in [5, 5.41) is 7.76. The van der Waals surface area contributed by atoms with Crippen molar-refractivity contribution in [1.29, 1.82) is 0 Å². The van der Waals surface area contributed by atoms with Crippen LogP contribution in [0.5, 0.6) is 0 Å². The largest absolute Gasteiger partial charge is 0.307 e. The van der Waals surface area contributed by atoms with Crippen molar-refractivity contribution in [3.8, 4) is 0 Å². The Balaban J connectivity index is 1.82. The molecule has 0 aromatic carbocycles. The van der Waals surface area contributed by atoms with Crippen LogP contribution in [-0.2, 0) is 19.5 Å². The Kier molecular flexibility index (Phi) is 5.10. The van der Waals surface area contributed by atoms with Gasteiger partial charge in [0.25, 0.3) is 0 Å². The van der Waals surface area contributed by atoms with Crippen molar-refractivity contribution in [3.05, 3.63) is 34.0 Å². The third-order valence-corrected chi connectivity index (χ3v) is 4.07. The van der Waals surface area contributed by atoms with Gasteiger partial charge in [0.2, 0.25) is 0 Å². The van der Waals surface area contributed by atoms with Crippen molar-refractivity contribution in [2.24, 2.45) is 0 Å². The lowest BCUT2D eigenvalue weighted by atomic mass is 10.2. The van der Waals surface area contributed by atoms with Crippen LogP contribution in [0.2, 0.25) is 0 Å². The van der Waals surface area contributed by atoms with Gasteiger partial charge in [-0.15, -0.1) is 11.3 Å². The highest BCUT2D eigenvalue weighted by molar-refractivity contribution is 7.11. The van der Waals surface area contributed by atoms with Crippen LogP contribution >= 0.6 is 11.3 Å². The summed E-state index contributed by atoms with van der Waals surface area (Å²) in [5.41, 5.74) is 0. The van der Waals surface area contributed by atoms with Crippen LogP contribution in [0.15, 0.2) is 18.5 Å². The second kappa shape index (κ2) is 6.82. The minimum atomic E-state index is 0.449. The summed E-state index contributed by atoms with van der Waals surface area (Å²) in [6, 6.07) is 4.85. The molecule has 5 heteroatoms. The van der Waals surface area contributed by atoms with Crippen LogP contribution in [0, 0.1) is 6.92 Å². The first-order valence-corrected chi connectivity index (χ1v) is 7.66. The summed E-state index contributed by atoms with van der Waals surface area (Å²) in [4.78, 5) is 7.13. The number of rotatable bonds is 7. The molecule has 1 unspecified atom stereocenters. The van der Waals surface area contributed by atoms with E-state index in [4.69, 9.17) is 0 Å². The van der Waals surface area contributed by atoms with E-state index in [2.05, 4.69) is 48.3 Å². The quantitative estimate of drug-likeness (QED) is 0.847. The molecule has 2 rings (SSSR count). The van der Waals surface area contributed by atoms with E-state index in [1.165, 1.54) is 9.75 Å². The molecule has 2 aromatic heterocycles. The summed E-state index contributed by atoms with van der Waals surface area (Å²) in [7, 11) is 0. The van der Waals surface area contributed by atoms with E-state index in [-0.39, 0.29) is 0 Å². The summed E-state index contributed by atoms with van der Waals surface area (Å²) in [6.45, 7) is 8.25. The average Bonchev–Trinajstić information content (AvgIpc) is 2.97. The summed E-state index contributed by atoms with van der Waals surface area (Å²) in [6.07, 6.45) is 3.79. The third kappa shape index (κ3) is 4.14. The first kappa shape index (κ1) is 14.2. The Bertz CT molecular complexity index is 503. The van der Waals surface area contributed by atoms with Crippen molar-refractivity contribution >= 4 is 11.3 Å². The fourth-order valence-corrected chi connectivity index (χ4v) is 3.08. The van der Waals surface area contributed by atoms with Gasteiger partial charge in [0.1, 0.15) is 12.2 Å². The fourth-order valence-electron chi connectivity index (χ4n) is 2.06. The fraction of sp³-hybridized carbons (Fsp3) is 0.571. The molecule has 0 spiro atoms. The molecule has 1 atom stereocenters. The highest BCUT2D eigenvalue weighted by Crippen LogP contribution is 2.16. The predicted octanol–water partition coefficient (Wildman–Crippen LogP) is 2.78. The van der Waals surface area contributed by atoms with Gasteiger partial charge in [-0.25, -0.2) is 9.67 Å². The van der Waals surface area contributed by atoms with Gasteiger partial charge in [0.15, 0.2) is 0 Å². The topological polar surface area (TPSA) is 42.7 Å². The maximum Gasteiger partial charge on any atom is 0.140 e. The van der Waals surface area contributed by atoms with E-state index >= 15 is 0 Å². The molecule has 0 aliphatic heterocycles. The molecule has 0 aliphatic rings. The van der Waals surface area contributed by atoms with Crippen molar-refractivity contribution in [3.63, 3.8) is 0 Å². The Morgan fingerprint density at radius 3 is 2.95 bits per heavy atom. The van der Waals surface area contributed by atoms with Gasteiger partial charge in [0.05, 0.1) is 6.54 Å². The Labute approximate surface area is 118 Å². The second-order valence-electron chi connectivity index (χ2n) is 4.90. The van der Waals surface area contributed by atoms with E-state index in [0.29, 0.717) is 6.04 Å². The van der Waals surface area contributed by atoms with Gasteiger partial charge >= 0.3 is 0 Å². The Morgan fingerprint density at radius 1 is 1.42 bits per heavy atom. The van der Waals surface area contributed by atoms with Gasteiger partial charge < -0.3 is 5.32 Å². The van der Waals surface area contributed by atoms with Crippen molar-refractivity contribution in [1.82, 2.24) is 20.1 Å². The molecular formula is C14H22N4S. The molecule has 4 nitrogen and oxygen atoms in total. The zero-order valence-corrected chi connectivity index (χ0v) is 12.7. The molecule has 0 bridgehead atoms. The summed E-state index contributed by atoms with van der Waals surface area (Å²) >= 11 is 1.88. The number of aromatic nitrogens is 3. The molecule has 19 heavy (non-hydrogen) atoms. The second-order valence-corrected chi connectivity index (χ2v) is 6.27. The molecule has 0 fully saturated rings. The lowest BCUT2D eigenvalue weighted by Gasteiger charge is -2.13. The summed E-state index contributed by atoms with van der Waals surface area (Å²) < 4.78 is 1.98. The highest BCUT2D eigenvalue weighted by atomic mass is 32.1. The Morgan fingerprint density at radius 2 is 2.26 bits per heavy atom. The number of aryl methyl sites for hydroxylation is 2. The number of nitrogens with one attached hydrogen (secondary N) is 1. The zero-order chi connectivity index (χ0) is 13.7. The minimum absolute atomic E-state index is 0.449. The maximum absolute atomic E-state index is 4.31. The SMILES string of the molecule is CCCn1ncnc1CNC(C)Cc1ccc(C)s1. The standard InChI is InChI=1S/C14H22N4S/c1-4-7-18-14(16-10-17-18)9-15-11(2)8-13-6-5-12(3)19-13/h5-6,10-11,15H,4,7-9H2,1-3H3. The van der Waals surface area contributed by atoms with Crippen LogP contribution in [0.4, 0.5) is 0 Å². The lowest BCUT2D eigenvalue weighted by molar-refractivity contribution is 0.498. The normalized spacial score (nSPS) is 12.8. The van der Waals surface area contributed by atoms with Gasteiger partial charge in [0, 0.05) is 22.3 Å². The predicted molar refractivity (Wildman–Crippen MR) is 79.4 cm³/mol. The first-order chi connectivity index (χ1) is 9.19. The van der Waals surface area contributed by atoms with E-state index in [1.54, 1.807) is 6.33 Å². The zero-order valence-electron chi connectivity index (χ0n) is 11.9. The molecule has 0 radical (unpaired) electrons. The molecular weight excluding hydrogens is 256 g/mol. The maximum atomic E-state index is 4.31. The van der Waals surface area contributed by atoms with Crippen molar-refractivity contribution in [2.45, 2.75) is 52.7 Å². The van der Waals surface area contributed by atoms with E-state index in [9.17, 15) is 0 Å². The molecule has 104 valence electrons. The molecule has 1 N–H and O–H groups in total. The Hall–Kier alpha value is -1.20. The number of hydrogen-bond donors (Lipinski definition) is 1. The smallest absolute Gasteiger partial charge is 0.140 e. The molecule has 0 saturated heterocycles. The highest BCUT2D eigenvalue weighted by Gasteiger charge is 2.08. The molecule has 0 saturated carbocycles. The molecule has 2 aromatic rings. The van der Waals surface area contributed by atoms with Crippen molar-refractivity contribution in [2.75, 3.05) is 0 Å². The van der Waals surface area contributed by atoms with Crippen LogP contribution in [0.25, 0.3) is 0 Å². The third-order valence-electron chi connectivity index (χ3n) is 3.04. The monoisotopic (exact) mass is 278 g/mol. The molecule has 0 amide bonds. The number of thiophene rings is 1. The van der Waals surface area contributed by atoms with Crippen LogP contribution < -0.4 is 5.32 Å². The number of nitrogens with zero attached hydrogens (tertiary/aromatic N) is 3. The lowest BCUT2D eigenvalue weighted by Crippen LogP contribution is -2.28. The number of hydrogen-bond acceptors (Lipinski definition) is 4. The van der Waals surface area contributed by atoms with Crippen molar-refractivity contribution < 1.29 is 0 Å².